The highest BCUT2D eigenvalue weighted by Crippen LogP contribution is 2.26. The number of hydrogen-bond donors (Lipinski definition) is 1. The van der Waals surface area contributed by atoms with Gasteiger partial charge in [-0.25, -0.2) is 20.3 Å². The largest absolute Gasteiger partial charge is 0.350 e. The van der Waals surface area contributed by atoms with E-state index >= 15 is 0 Å². The molecule has 0 spiro atoms. The third kappa shape index (κ3) is 6.64. The van der Waals surface area contributed by atoms with E-state index < -0.39 is 18.2 Å². The van der Waals surface area contributed by atoms with Crippen LogP contribution in [0.5, 0.6) is 0 Å². The van der Waals surface area contributed by atoms with Gasteiger partial charge in [-0.1, -0.05) is 54.6 Å². The van der Waals surface area contributed by atoms with Gasteiger partial charge in [0.05, 0.1) is 22.7 Å². The molecule has 0 bridgehead atoms. The Morgan fingerprint density at radius 1 is 0.953 bits per heavy atom. The van der Waals surface area contributed by atoms with Crippen molar-refractivity contribution in [3.8, 4) is 0 Å². The number of amides is 3. The van der Waals surface area contributed by atoms with Crippen molar-refractivity contribution in [2.24, 2.45) is 0 Å². The summed E-state index contributed by atoms with van der Waals surface area (Å²) in [6, 6.07) is 16.4. The molecule has 11 heteroatoms. The monoisotopic (exact) mass is 582 g/mol. The fraction of sp³-hybridized carbons (Fsp3) is 0.344. The van der Waals surface area contributed by atoms with Crippen LogP contribution in [0.25, 0.3) is 6.08 Å². The van der Waals surface area contributed by atoms with Crippen molar-refractivity contribution in [1.29, 1.82) is 0 Å². The Kier molecular flexibility index (Phi) is 8.83. The molecule has 6 rings (SSSR count). The number of rotatable bonds is 9. The highest BCUT2D eigenvalue weighted by molar-refractivity contribution is 6.21. The van der Waals surface area contributed by atoms with E-state index in [1.54, 1.807) is 24.3 Å². The van der Waals surface area contributed by atoms with E-state index in [0.717, 1.165) is 24.8 Å². The average molecular weight is 583 g/mol. The molecule has 3 aromatic rings. The normalized spacial score (nSPS) is 20.0. The van der Waals surface area contributed by atoms with Gasteiger partial charge in [0.25, 0.3) is 17.7 Å². The molecule has 2 aromatic carbocycles. The van der Waals surface area contributed by atoms with Gasteiger partial charge < -0.3 is 9.64 Å². The minimum Gasteiger partial charge on any atom is -0.350 e. The molecule has 0 aliphatic carbocycles. The summed E-state index contributed by atoms with van der Waals surface area (Å²) in [6.07, 6.45) is 9.19. The zero-order chi connectivity index (χ0) is 29.6. The van der Waals surface area contributed by atoms with Crippen LogP contribution in [0.15, 0.2) is 73.1 Å². The van der Waals surface area contributed by atoms with Gasteiger partial charge in [0.1, 0.15) is 0 Å². The molecule has 3 aliphatic rings. The third-order valence-corrected chi connectivity index (χ3v) is 7.89. The molecule has 43 heavy (non-hydrogen) atoms. The van der Waals surface area contributed by atoms with E-state index in [4.69, 9.17) is 9.57 Å². The minimum atomic E-state index is -0.436. The summed E-state index contributed by atoms with van der Waals surface area (Å²) >= 11 is 0. The molecule has 0 saturated carbocycles. The first-order valence-electron chi connectivity index (χ1n) is 14.6. The number of hydroxylamine groups is 1. The van der Waals surface area contributed by atoms with Gasteiger partial charge in [-0.2, -0.15) is 0 Å². The van der Waals surface area contributed by atoms with Crippen LogP contribution in [0.4, 0.5) is 5.95 Å². The van der Waals surface area contributed by atoms with E-state index in [-0.39, 0.29) is 11.8 Å². The van der Waals surface area contributed by atoms with E-state index in [1.165, 1.54) is 17.3 Å². The van der Waals surface area contributed by atoms with Crippen molar-refractivity contribution < 1.29 is 24.0 Å². The first kappa shape index (κ1) is 28.7. The van der Waals surface area contributed by atoms with Crippen LogP contribution in [0, 0.1) is 0 Å². The molecular weight excluding hydrogens is 548 g/mol. The number of carbonyl (C=O) groups excluding carboxylic acids is 3. The van der Waals surface area contributed by atoms with Crippen LogP contribution in [0.2, 0.25) is 0 Å². The van der Waals surface area contributed by atoms with E-state index in [9.17, 15) is 14.4 Å². The standard InChI is InChI=1S/C32H34N6O5/c39-29(35-43-28-12-6-7-19-42-28)24-20-33-32(34-21-24)37-17-15-36(16-18-37)22-25(14-13-23-8-2-1-3-9-23)38-30(40)26-10-4-5-11-27(26)31(38)41/h1-5,8-11,13-14,20-21,25,28H,6-7,12,15-19,22H2,(H,35,39)/b14-13+. The molecule has 2 fully saturated rings. The predicted molar refractivity (Wildman–Crippen MR) is 159 cm³/mol. The van der Waals surface area contributed by atoms with Crippen molar-refractivity contribution in [1.82, 2.24) is 25.2 Å². The van der Waals surface area contributed by atoms with Gasteiger partial charge in [-0.15, -0.1) is 0 Å². The van der Waals surface area contributed by atoms with Crippen LogP contribution in [-0.4, -0.2) is 89.2 Å². The Bertz CT molecular complexity index is 1430. The number of anilines is 1. The van der Waals surface area contributed by atoms with Gasteiger partial charge in [0.2, 0.25) is 5.95 Å². The van der Waals surface area contributed by atoms with Crippen molar-refractivity contribution >= 4 is 29.7 Å². The van der Waals surface area contributed by atoms with Gasteiger partial charge in [-0.05, 0) is 30.5 Å². The fourth-order valence-corrected chi connectivity index (χ4v) is 5.50. The quantitative estimate of drug-likeness (QED) is 0.300. The lowest BCUT2D eigenvalue weighted by atomic mass is 10.1. The van der Waals surface area contributed by atoms with Crippen LogP contribution < -0.4 is 10.4 Å². The maximum atomic E-state index is 13.3. The number of aromatic nitrogens is 2. The number of benzene rings is 2. The first-order valence-corrected chi connectivity index (χ1v) is 14.6. The summed E-state index contributed by atoms with van der Waals surface area (Å²) in [6.45, 7) is 3.84. The molecule has 3 amide bonds. The molecule has 0 radical (unpaired) electrons. The molecule has 222 valence electrons. The summed E-state index contributed by atoms with van der Waals surface area (Å²) in [7, 11) is 0. The van der Waals surface area contributed by atoms with Gasteiger partial charge in [0.15, 0.2) is 6.29 Å². The van der Waals surface area contributed by atoms with Gasteiger partial charge in [-0.3, -0.25) is 24.2 Å². The van der Waals surface area contributed by atoms with E-state index in [2.05, 4.69) is 25.2 Å². The Labute approximate surface area is 250 Å². The number of hydrogen-bond acceptors (Lipinski definition) is 9. The molecule has 11 nitrogen and oxygen atoms in total. The number of piperazine rings is 1. The number of nitrogens with zero attached hydrogens (tertiary/aromatic N) is 5. The maximum absolute atomic E-state index is 13.3. The Balaban J connectivity index is 1.07. The highest BCUT2D eigenvalue weighted by Gasteiger charge is 2.39. The third-order valence-electron chi connectivity index (χ3n) is 7.89. The predicted octanol–water partition coefficient (Wildman–Crippen LogP) is 3.16. The molecule has 1 aromatic heterocycles. The SMILES string of the molecule is O=C(NOC1CCCCO1)c1cnc(N2CCN(CC(/C=C/c3ccccc3)N3C(=O)c4ccccc4C3=O)CC2)nc1. The number of carbonyl (C=O) groups is 3. The molecule has 2 atom stereocenters. The van der Waals surface area contributed by atoms with Crippen LogP contribution in [0.3, 0.4) is 0 Å². The maximum Gasteiger partial charge on any atom is 0.278 e. The second kappa shape index (κ2) is 13.2. The lowest BCUT2D eigenvalue weighted by Gasteiger charge is -2.37. The van der Waals surface area contributed by atoms with Crippen LogP contribution in [0.1, 0.15) is 55.9 Å². The van der Waals surface area contributed by atoms with Crippen molar-refractivity contribution in [2.45, 2.75) is 31.6 Å². The van der Waals surface area contributed by atoms with E-state index in [1.807, 2.05) is 42.5 Å². The summed E-state index contributed by atoms with van der Waals surface area (Å²) in [5.74, 6) is -0.422. The summed E-state index contributed by atoms with van der Waals surface area (Å²) in [5.41, 5.74) is 4.61. The van der Waals surface area contributed by atoms with Gasteiger partial charge >= 0.3 is 0 Å². The molecule has 4 heterocycles. The lowest BCUT2D eigenvalue weighted by Crippen LogP contribution is -2.52. The van der Waals surface area contributed by atoms with Crippen molar-refractivity contribution in [2.75, 3.05) is 44.2 Å². The zero-order valence-electron chi connectivity index (χ0n) is 23.8. The van der Waals surface area contributed by atoms with E-state index in [0.29, 0.717) is 62.0 Å². The molecular formula is C32H34N6O5. The molecule has 3 aliphatic heterocycles. The zero-order valence-corrected chi connectivity index (χ0v) is 23.8. The number of imide groups is 1. The summed E-state index contributed by atoms with van der Waals surface area (Å²) in [4.78, 5) is 58.9. The Hall–Kier alpha value is -4.45. The smallest absolute Gasteiger partial charge is 0.278 e. The van der Waals surface area contributed by atoms with Crippen molar-refractivity contribution in [3.05, 3.63) is 95.3 Å². The highest BCUT2D eigenvalue weighted by atomic mass is 16.8. The minimum absolute atomic E-state index is 0.267. The van der Waals surface area contributed by atoms with Crippen LogP contribution in [-0.2, 0) is 9.57 Å². The Morgan fingerprint density at radius 3 is 2.28 bits per heavy atom. The second-order valence-electron chi connectivity index (χ2n) is 10.8. The van der Waals surface area contributed by atoms with Gasteiger partial charge in [0, 0.05) is 58.1 Å². The number of nitrogens with one attached hydrogen (secondary N) is 1. The molecule has 2 unspecified atom stereocenters. The second-order valence-corrected chi connectivity index (χ2v) is 10.8. The topological polar surface area (TPSA) is 117 Å². The summed E-state index contributed by atoms with van der Waals surface area (Å²) in [5, 5.41) is 0. The average Bonchev–Trinajstić information content (AvgIpc) is 3.32. The lowest BCUT2D eigenvalue weighted by molar-refractivity contribution is -0.186. The Morgan fingerprint density at radius 2 is 1.63 bits per heavy atom. The fourth-order valence-electron chi connectivity index (χ4n) is 5.50. The van der Waals surface area contributed by atoms with Crippen molar-refractivity contribution in [3.63, 3.8) is 0 Å². The summed E-state index contributed by atoms with van der Waals surface area (Å²) < 4.78 is 5.46. The number of fused-ring (bicyclic) bond motifs is 1. The van der Waals surface area contributed by atoms with Crippen LogP contribution >= 0.6 is 0 Å². The first-order chi connectivity index (χ1) is 21.1. The molecule has 2 saturated heterocycles. The number of ether oxygens (including phenoxy) is 1. The molecule has 1 N–H and O–H groups in total.